The Morgan fingerprint density at radius 3 is 2.78 bits per heavy atom. The molecule has 1 aromatic rings. The molecule has 0 N–H and O–H groups in total. The van der Waals surface area contributed by atoms with E-state index in [9.17, 15) is 4.79 Å². The van der Waals surface area contributed by atoms with Crippen molar-refractivity contribution in [2.45, 2.75) is 32.8 Å². The quantitative estimate of drug-likeness (QED) is 0.748. The number of ether oxygens (including phenoxy) is 1. The molecule has 1 aliphatic heterocycles. The van der Waals surface area contributed by atoms with E-state index in [2.05, 4.69) is 20.9 Å². The lowest BCUT2D eigenvalue weighted by molar-refractivity contribution is -0.146. The Morgan fingerprint density at radius 1 is 1.39 bits per heavy atom. The fraction of sp³-hybridized carbons (Fsp3) is 0.429. The van der Waals surface area contributed by atoms with Crippen molar-refractivity contribution in [1.82, 2.24) is 0 Å². The van der Waals surface area contributed by atoms with Crippen LogP contribution in [0.3, 0.4) is 0 Å². The Kier molecular flexibility index (Phi) is 3.57. The monoisotopic (exact) mass is 309 g/mol. The lowest BCUT2D eigenvalue weighted by Crippen LogP contribution is -2.31. The van der Waals surface area contributed by atoms with Crippen molar-refractivity contribution in [1.29, 1.82) is 0 Å². The van der Waals surface area contributed by atoms with Gasteiger partial charge in [0.15, 0.2) is 5.71 Å². The summed E-state index contributed by atoms with van der Waals surface area (Å²) in [6, 6.07) is 5.87. The number of fused-ring (bicyclic) bond motifs is 1. The van der Waals surface area contributed by atoms with Crippen LogP contribution in [0.1, 0.15) is 31.9 Å². The highest BCUT2D eigenvalue weighted by atomic mass is 79.9. The van der Waals surface area contributed by atoms with Crippen molar-refractivity contribution in [3.63, 3.8) is 0 Å². The molecule has 0 bridgehead atoms. The predicted molar refractivity (Wildman–Crippen MR) is 75.1 cm³/mol. The zero-order valence-electron chi connectivity index (χ0n) is 10.8. The first kappa shape index (κ1) is 13.3. The molecular formula is C14H16BrNO2. The van der Waals surface area contributed by atoms with Crippen LogP contribution in [-0.2, 0) is 16.0 Å². The van der Waals surface area contributed by atoms with Crippen molar-refractivity contribution >= 4 is 27.6 Å². The van der Waals surface area contributed by atoms with Crippen LogP contribution < -0.4 is 0 Å². The normalized spacial score (nSPS) is 14.8. The van der Waals surface area contributed by atoms with Gasteiger partial charge in [0.25, 0.3) is 0 Å². The fourth-order valence-corrected chi connectivity index (χ4v) is 2.28. The number of benzene rings is 1. The third kappa shape index (κ3) is 2.99. The molecule has 0 unspecified atom stereocenters. The molecule has 18 heavy (non-hydrogen) atoms. The number of halogens is 1. The van der Waals surface area contributed by atoms with Crippen molar-refractivity contribution < 1.29 is 9.53 Å². The summed E-state index contributed by atoms with van der Waals surface area (Å²) in [5.41, 5.74) is 1.98. The largest absolute Gasteiger partial charge is 0.455 e. The highest BCUT2D eigenvalue weighted by molar-refractivity contribution is 9.10. The minimum Gasteiger partial charge on any atom is -0.455 e. The van der Waals surface area contributed by atoms with Crippen LogP contribution in [0.15, 0.2) is 27.7 Å². The second kappa shape index (κ2) is 4.84. The van der Waals surface area contributed by atoms with Crippen LogP contribution in [0.2, 0.25) is 0 Å². The van der Waals surface area contributed by atoms with E-state index < -0.39 is 5.60 Å². The molecule has 0 radical (unpaired) electrons. The van der Waals surface area contributed by atoms with Gasteiger partial charge in [-0.15, -0.1) is 0 Å². The average Bonchev–Trinajstić information content (AvgIpc) is 2.25. The molecule has 0 saturated carbocycles. The molecule has 2 rings (SSSR count). The summed E-state index contributed by atoms with van der Waals surface area (Å²) in [6.45, 7) is 6.21. The average molecular weight is 310 g/mol. The lowest BCUT2D eigenvalue weighted by atomic mass is 9.97. The highest BCUT2D eigenvalue weighted by Crippen LogP contribution is 2.22. The third-order valence-electron chi connectivity index (χ3n) is 2.57. The number of nitrogens with zero attached hydrogens (tertiary/aromatic N) is 1. The van der Waals surface area contributed by atoms with E-state index in [0.29, 0.717) is 12.3 Å². The molecule has 0 amide bonds. The van der Waals surface area contributed by atoms with E-state index in [1.54, 1.807) is 0 Å². The van der Waals surface area contributed by atoms with E-state index in [1.807, 2.05) is 39.0 Å². The molecule has 0 aromatic heterocycles. The molecule has 0 atom stereocenters. The summed E-state index contributed by atoms with van der Waals surface area (Å²) >= 11 is 3.44. The van der Waals surface area contributed by atoms with Gasteiger partial charge in [-0.05, 0) is 44.9 Å². The molecule has 0 fully saturated rings. The first-order chi connectivity index (χ1) is 8.37. The predicted octanol–water partition coefficient (Wildman–Crippen LogP) is 3.14. The zero-order valence-corrected chi connectivity index (χ0v) is 12.4. The van der Waals surface area contributed by atoms with Gasteiger partial charge in [0.2, 0.25) is 0 Å². The van der Waals surface area contributed by atoms with Gasteiger partial charge in [0.05, 0.1) is 0 Å². The van der Waals surface area contributed by atoms with Gasteiger partial charge in [0.1, 0.15) is 5.60 Å². The van der Waals surface area contributed by atoms with E-state index in [0.717, 1.165) is 22.0 Å². The van der Waals surface area contributed by atoms with Gasteiger partial charge >= 0.3 is 5.97 Å². The van der Waals surface area contributed by atoms with Crippen LogP contribution in [-0.4, -0.2) is 23.8 Å². The van der Waals surface area contributed by atoms with Crippen LogP contribution in [0.5, 0.6) is 0 Å². The fourth-order valence-electron chi connectivity index (χ4n) is 1.87. The smallest absolute Gasteiger partial charge is 0.357 e. The number of hydrogen-bond acceptors (Lipinski definition) is 3. The zero-order chi connectivity index (χ0) is 13.3. The minimum absolute atomic E-state index is 0.342. The standard InChI is InChI=1S/C14H16BrNO2/c1-14(2,3)18-13(17)12-11-5-4-10(15)8-9(11)6-7-16-12/h4-5,8H,6-7H2,1-3H3. The molecule has 0 aliphatic carbocycles. The first-order valence-electron chi connectivity index (χ1n) is 5.93. The summed E-state index contributed by atoms with van der Waals surface area (Å²) in [5, 5.41) is 0. The van der Waals surface area contributed by atoms with Crippen molar-refractivity contribution in [3.05, 3.63) is 33.8 Å². The lowest BCUT2D eigenvalue weighted by Gasteiger charge is -2.22. The van der Waals surface area contributed by atoms with Gasteiger partial charge in [-0.25, -0.2) is 4.79 Å². The maximum Gasteiger partial charge on any atom is 0.357 e. The van der Waals surface area contributed by atoms with Crippen LogP contribution in [0.25, 0.3) is 0 Å². The van der Waals surface area contributed by atoms with E-state index >= 15 is 0 Å². The van der Waals surface area contributed by atoms with Crippen LogP contribution >= 0.6 is 15.9 Å². The summed E-state index contributed by atoms with van der Waals surface area (Å²) in [4.78, 5) is 16.4. The van der Waals surface area contributed by atoms with E-state index in [4.69, 9.17) is 4.74 Å². The second-order valence-corrected chi connectivity index (χ2v) is 6.20. The molecule has 4 heteroatoms. The number of hydrogen-bond donors (Lipinski definition) is 0. The first-order valence-corrected chi connectivity index (χ1v) is 6.73. The van der Waals surface area contributed by atoms with Gasteiger partial charge in [-0.2, -0.15) is 0 Å². The number of carbonyl (C=O) groups is 1. The molecule has 1 heterocycles. The molecule has 1 aliphatic rings. The van der Waals surface area contributed by atoms with Crippen LogP contribution in [0.4, 0.5) is 0 Å². The highest BCUT2D eigenvalue weighted by Gasteiger charge is 2.25. The topological polar surface area (TPSA) is 38.7 Å². The van der Waals surface area contributed by atoms with Gasteiger partial charge < -0.3 is 4.74 Å². The van der Waals surface area contributed by atoms with E-state index in [1.165, 1.54) is 0 Å². The third-order valence-corrected chi connectivity index (χ3v) is 3.06. The number of carbonyl (C=O) groups excluding carboxylic acids is 1. The Morgan fingerprint density at radius 2 is 2.11 bits per heavy atom. The van der Waals surface area contributed by atoms with Gasteiger partial charge in [0, 0.05) is 16.6 Å². The maximum absolute atomic E-state index is 12.1. The SMILES string of the molecule is CC(C)(C)OC(=O)C1=NCCc2cc(Br)ccc21. The van der Waals surface area contributed by atoms with Gasteiger partial charge in [-0.3, -0.25) is 4.99 Å². The van der Waals surface area contributed by atoms with E-state index in [-0.39, 0.29) is 5.97 Å². The maximum atomic E-state index is 12.1. The second-order valence-electron chi connectivity index (χ2n) is 5.28. The molecule has 0 saturated heterocycles. The minimum atomic E-state index is -0.493. The Bertz CT molecular complexity index is 515. The van der Waals surface area contributed by atoms with Crippen molar-refractivity contribution in [2.24, 2.45) is 4.99 Å². The van der Waals surface area contributed by atoms with Crippen LogP contribution in [0, 0.1) is 0 Å². The van der Waals surface area contributed by atoms with Gasteiger partial charge in [-0.1, -0.05) is 22.0 Å². The summed E-state index contributed by atoms with van der Waals surface area (Å²) in [6.07, 6.45) is 0.862. The molecule has 0 spiro atoms. The molecular weight excluding hydrogens is 294 g/mol. The number of rotatable bonds is 1. The summed E-state index contributed by atoms with van der Waals surface area (Å²) < 4.78 is 6.40. The Hall–Kier alpha value is -1.16. The molecule has 96 valence electrons. The number of aliphatic imine (C=N–C) groups is 1. The van der Waals surface area contributed by atoms with Crippen molar-refractivity contribution in [3.8, 4) is 0 Å². The number of esters is 1. The Labute approximate surface area is 115 Å². The molecule has 3 nitrogen and oxygen atoms in total. The summed E-state index contributed by atoms with van der Waals surface area (Å²) in [5.74, 6) is -0.342. The summed E-state index contributed by atoms with van der Waals surface area (Å²) in [7, 11) is 0. The Balaban J connectivity index is 2.31. The van der Waals surface area contributed by atoms with Crippen molar-refractivity contribution in [2.75, 3.05) is 6.54 Å². The molecule has 1 aromatic carbocycles.